The average molecular weight is 327 g/mol. The van der Waals surface area contributed by atoms with Crippen molar-refractivity contribution in [2.75, 3.05) is 20.4 Å². The summed E-state index contributed by atoms with van der Waals surface area (Å²) >= 11 is 0. The molecule has 0 aliphatic rings. The molecule has 0 bridgehead atoms. The second-order valence-corrected chi connectivity index (χ2v) is 11.1. The summed E-state index contributed by atoms with van der Waals surface area (Å²) in [6.45, 7) is 8.87. The van der Waals surface area contributed by atoms with Gasteiger partial charge in [-0.15, -0.1) is 0 Å². The predicted octanol–water partition coefficient (Wildman–Crippen LogP) is 2.38. The third-order valence-corrected chi connectivity index (χ3v) is 4.16. The molecule has 0 aromatic rings. The molecule has 1 amide bonds. The lowest BCUT2D eigenvalue weighted by atomic mass is 10.4. The number of halogens is 3. The van der Waals surface area contributed by atoms with Crippen LogP contribution in [0.5, 0.6) is 0 Å². The topological polar surface area (TPSA) is 55.8 Å². The van der Waals surface area contributed by atoms with Crippen molar-refractivity contribution in [3.05, 3.63) is 12.3 Å². The Bertz CT molecular complexity index is 404. The van der Waals surface area contributed by atoms with Gasteiger partial charge in [-0.1, -0.05) is 26.2 Å². The molecule has 122 valence electrons. The average Bonchev–Trinajstić information content (AvgIpc) is 2.34. The fraction of sp³-hybridized carbons (Fsp3) is 0.667. The second kappa shape index (κ2) is 7.60. The molecule has 21 heavy (non-hydrogen) atoms. The Morgan fingerprint density at radius 1 is 1.24 bits per heavy atom. The van der Waals surface area contributed by atoms with Crippen molar-refractivity contribution in [3.63, 3.8) is 0 Å². The maximum Gasteiger partial charge on any atom is 0.471 e. The summed E-state index contributed by atoms with van der Waals surface area (Å²) < 4.78 is 46.8. The standard InChI is InChI=1S/C12H20F3NO4Si/c1-9(10(17)19-2)16(11(18)12(13,14)15)8-20-6-7-21(3,4)5/h1,6-8H2,2-5H3. The molecule has 0 atom stereocenters. The predicted molar refractivity (Wildman–Crippen MR) is 73.0 cm³/mol. The summed E-state index contributed by atoms with van der Waals surface area (Å²) in [4.78, 5) is 22.7. The van der Waals surface area contributed by atoms with Gasteiger partial charge >= 0.3 is 18.1 Å². The van der Waals surface area contributed by atoms with Crippen LogP contribution >= 0.6 is 0 Å². The largest absolute Gasteiger partial charge is 0.471 e. The van der Waals surface area contributed by atoms with Crippen LogP contribution in [-0.2, 0) is 19.1 Å². The van der Waals surface area contributed by atoms with Crippen molar-refractivity contribution in [2.24, 2.45) is 0 Å². The van der Waals surface area contributed by atoms with Crippen LogP contribution < -0.4 is 0 Å². The highest BCUT2D eigenvalue weighted by Crippen LogP contribution is 2.21. The molecule has 0 N–H and O–H groups in total. The smallest absolute Gasteiger partial charge is 0.464 e. The van der Waals surface area contributed by atoms with E-state index < -0.39 is 38.6 Å². The van der Waals surface area contributed by atoms with Crippen LogP contribution in [0, 0.1) is 0 Å². The summed E-state index contributed by atoms with van der Waals surface area (Å²) in [6.07, 6.45) is -5.13. The highest BCUT2D eigenvalue weighted by atomic mass is 28.3. The quantitative estimate of drug-likeness (QED) is 0.237. The van der Waals surface area contributed by atoms with Crippen LogP contribution in [0.4, 0.5) is 13.2 Å². The minimum atomic E-state index is -5.13. The Balaban J connectivity index is 4.80. The van der Waals surface area contributed by atoms with Crippen LogP contribution in [0.1, 0.15) is 0 Å². The summed E-state index contributed by atoms with van der Waals surface area (Å²) in [5.74, 6) is -3.34. The number of amides is 1. The molecule has 0 spiro atoms. The summed E-state index contributed by atoms with van der Waals surface area (Å²) in [6, 6.07) is 0.714. The van der Waals surface area contributed by atoms with Gasteiger partial charge in [0.15, 0.2) is 0 Å². The van der Waals surface area contributed by atoms with Gasteiger partial charge in [0.25, 0.3) is 0 Å². The molecular formula is C12H20F3NO4Si. The molecule has 0 aliphatic carbocycles. The third-order valence-electron chi connectivity index (χ3n) is 2.45. The van der Waals surface area contributed by atoms with Crippen molar-refractivity contribution in [1.82, 2.24) is 4.90 Å². The van der Waals surface area contributed by atoms with Crippen molar-refractivity contribution >= 4 is 20.0 Å². The molecule has 0 unspecified atom stereocenters. The van der Waals surface area contributed by atoms with E-state index in [9.17, 15) is 22.8 Å². The first-order valence-corrected chi connectivity index (χ1v) is 9.84. The fourth-order valence-electron chi connectivity index (χ4n) is 1.17. The Morgan fingerprint density at radius 3 is 2.14 bits per heavy atom. The zero-order valence-corrected chi connectivity index (χ0v) is 13.5. The summed E-state index contributed by atoms with van der Waals surface area (Å²) in [7, 11) is -0.432. The summed E-state index contributed by atoms with van der Waals surface area (Å²) in [5, 5.41) is 0. The number of nitrogens with zero attached hydrogens (tertiary/aromatic N) is 1. The minimum Gasteiger partial charge on any atom is -0.464 e. The van der Waals surface area contributed by atoms with Gasteiger partial charge < -0.3 is 9.47 Å². The van der Waals surface area contributed by atoms with Gasteiger partial charge in [-0.05, 0) is 6.04 Å². The van der Waals surface area contributed by atoms with E-state index in [1.165, 1.54) is 0 Å². The van der Waals surface area contributed by atoms with Gasteiger partial charge in [0.1, 0.15) is 12.4 Å². The third kappa shape index (κ3) is 7.28. The monoisotopic (exact) mass is 327 g/mol. The van der Waals surface area contributed by atoms with E-state index in [0.29, 0.717) is 6.04 Å². The Labute approximate surface area is 122 Å². The van der Waals surface area contributed by atoms with Crippen LogP contribution in [-0.4, -0.2) is 51.5 Å². The van der Waals surface area contributed by atoms with Crippen molar-refractivity contribution in [2.45, 2.75) is 31.9 Å². The van der Waals surface area contributed by atoms with E-state index in [4.69, 9.17) is 4.74 Å². The maximum absolute atomic E-state index is 12.5. The number of esters is 1. The van der Waals surface area contributed by atoms with Gasteiger partial charge in [0.2, 0.25) is 0 Å². The van der Waals surface area contributed by atoms with E-state index in [1.54, 1.807) is 0 Å². The number of hydrogen-bond acceptors (Lipinski definition) is 4. The normalized spacial score (nSPS) is 12.0. The highest BCUT2D eigenvalue weighted by Gasteiger charge is 2.44. The zero-order valence-electron chi connectivity index (χ0n) is 12.5. The van der Waals surface area contributed by atoms with E-state index >= 15 is 0 Å². The first-order valence-electron chi connectivity index (χ1n) is 6.14. The van der Waals surface area contributed by atoms with Crippen LogP contribution in [0.15, 0.2) is 12.3 Å². The molecule has 0 heterocycles. The highest BCUT2D eigenvalue weighted by molar-refractivity contribution is 6.76. The van der Waals surface area contributed by atoms with Gasteiger partial charge in [0.05, 0.1) is 7.11 Å². The molecule has 0 aliphatic heterocycles. The van der Waals surface area contributed by atoms with E-state index in [1.807, 2.05) is 0 Å². The molecule has 0 saturated carbocycles. The molecular weight excluding hydrogens is 307 g/mol. The molecule has 0 rings (SSSR count). The van der Waals surface area contributed by atoms with Crippen LogP contribution in [0.25, 0.3) is 0 Å². The van der Waals surface area contributed by atoms with Crippen molar-refractivity contribution in [1.29, 1.82) is 0 Å². The maximum atomic E-state index is 12.5. The van der Waals surface area contributed by atoms with Gasteiger partial charge in [0, 0.05) is 14.7 Å². The van der Waals surface area contributed by atoms with E-state index in [0.717, 1.165) is 7.11 Å². The van der Waals surface area contributed by atoms with Crippen molar-refractivity contribution < 1.29 is 32.2 Å². The fourth-order valence-corrected chi connectivity index (χ4v) is 1.93. The second-order valence-electron chi connectivity index (χ2n) is 5.52. The number of carbonyl (C=O) groups excluding carboxylic acids is 2. The summed E-state index contributed by atoms with van der Waals surface area (Å²) in [5.41, 5.74) is -0.715. The molecule has 5 nitrogen and oxygen atoms in total. The van der Waals surface area contributed by atoms with Gasteiger partial charge in [-0.25, -0.2) is 4.79 Å². The van der Waals surface area contributed by atoms with E-state index in [2.05, 4.69) is 31.0 Å². The molecule has 0 radical (unpaired) electrons. The number of methoxy groups -OCH3 is 1. The lowest BCUT2D eigenvalue weighted by Crippen LogP contribution is -2.43. The molecule has 9 heteroatoms. The Morgan fingerprint density at radius 2 is 1.76 bits per heavy atom. The lowest BCUT2D eigenvalue weighted by molar-refractivity contribution is -0.188. The zero-order chi connectivity index (χ0) is 16.8. The first kappa shape index (κ1) is 19.6. The number of carbonyl (C=O) groups is 2. The number of ether oxygens (including phenoxy) is 2. The van der Waals surface area contributed by atoms with Crippen molar-refractivity contribution in [3.8, 4) is 0 Å². The number of alkyl halides is 3. The van der Waals surface area contributed by atoms with Gasteiger partial charge in [-0.2, -0.15) is 13.2 Å². The SMILES string of the molecule is C=C(C(=O)OC)N(COCC[Si](C)(C)C)C(=O)C(F)(F)F. The molecule has 0 saturated heterocycles. The number of rotatable bonds is 7. The number of hydrogen-bond donors (Lipinski definition) is 0. The molecule has 0 aromatic carbocycles. The van der Waals surface area contributed by atoms with Gasteiger partial charge in [-0.3, -0.25) is 9.69 Å². The first-order chi connectivity index (χ1) is 9.40. The minimum absolute atomic E-state index is 0.135. The Kier molecular flexibility index (Phi) is 7.11. The molecule has 0 aromatic heterocycles. The molecule has 0 fully saturated rings. The van der Waals surface area contributed by atoms with Crippen LogP contribution in [0.3, 0.4) is 0 Å². The lowest BCUT2D eigenvalue weighted by Gasteiger charge is -2.24. The Hall–Kier alpha value is -1.35. The van der Waals surface area contributed by atoms with Crippen LogP contribution in [0.2, 0.25) is 25.7 Å². The van der Waals surface area contributed by atoms with E-state index in [-0.39, 0.29) is 11.5 Å².